The van der Waals surface area contributed by atoms with Crippen LogP contribution in [0.2, 0.25) is 0 Å². The molecule has 2 aliphatic rings. The molecule has 1 spiro atoms. The first-order chi connectivity index (χ1) is 20.3. The number of fused-ring (bicyclic) bond motifs is 11. The lowest BCUT2D eigenvalue weighted by Crippen LogP contribution is -2.25. The molecule has 0 atom stereocenters. The van der Waals surface area contributed by atoms with Gasteiger partial charge in [0.25, 0.3) is 0 Å². The van der Waals surface area contributed by atoms with Crippen molar-refractivity contribution in [3.05, 3.63) is 168 Å². The van der Waals surface area contributed by atoms with Gasteiger partial charge in [-0.1, -0.05) is 121 Å². The lowest BCUT2D eigenvalue weighted by molar-refractivity contribution is 0.794. The highest BCUT2D eigenvalue weighted by molar-refractivity contribution is 5.96. The van der Waals surface area contributed by atoms with Crippen LogP contribution < -0.4 is 0 Å². The van der Waals surface area contributed by atoms with Gasteiger partial charge in [0.1, 0.15) is 0 Å². The van der Waals surface area contributed by atoms with Crippen LogP contribution in [0.1, 0.15) is 22.3 Å². The first-order valence-corrected chi connectivity index (χ1v) is 14.1. The summed E-state index contributed by atoms with van der Waals surface area (Å²) in [4.78, 5) is 9.44. The fourth-order valence-electron chi connectivity index (χ4n) is 7.21. The van der Waals surface area contributed by atoms with Gasteiger partial charge in [0.15, 0.2) is 0 Å². The Morgan fingerprint density at radius 1 is 0.390 bits per heavy atom. The Hall–Kier alpha value is -5.34. The molecular weight excluding hydrogens is 496 g/mol. The van der Waals surface area contributed by atoms with Crippen LogP contribution in [0, 0.1) is 0 Å². The third-order valence-corrected chi connectivity index (χ3v) is 8.96. The highest BCUT2D eigenvalue weighted by Gasteiger charge is 2.51. The molecule has 41 heavy (non-hydrogen) atoms. The topological polar surface area (TPSA) is 25.8 Å². The maximum absolute atomic E-state index is 4.84. The van der Waals surface area contributed by atoms with E-state index in [0.717, 1.165) is 22.3 Å². The Balaban J connectivity index is 1.19. The Kier molecular flexibility index (Phi) is 4.57. The van der Waals surface area contributed by atoms with Gasteiger partial charge < -0.3 is 0 Å². The van der Waals surface area contributed by atoms with E-state index < -0.39 is 0 Å². The minimum absolute atomic E-state index is 0.295. The van der Waals surface area contributed by atoms with Crippen molar-refractivity contribution >= 4 is 11.0 Å². The molecule has 0 amide bonds. The number of rotatable bonds is 2. The van der Waals surface area contributed by atoms with Crippen LogP contribution in [-0.2, 0) is 5.41 Å². The van der Waals surface area contributed by atoms with Crippen LogP contribution in [-0.4, -0.2) is 9.97 Å². The summed E-state index contributed by atoms with van der Waals surface area (Å²) in [5.74, 6) is 0. The second-order valence-electron chi connectivity index (χ2n) is 11.0. The van der Waals surface area contributed by atoms with Gasteiger partial charge in [0.2, 0.25) is 0 Å². The van der Waals surface area contributed by atoms with Crippen LogP contribution in [0.25, 0.3) is 55.7 Å². The molecule has 0 unspecified atom stereocenters. The first kappa shape index (κ1) is 22.5. The minimum atomic E-state index is -0.295. The zero-order valence-corrected chi connectivity index (χ0v) is 22.3. The van der Waals surface area contributed by atoms with Crippen molar-refractivity contribution in [2.24, 2.45) is 0 Å². The summed E-state index contributed by atoms with van der Waals surface area (Å²) < 4.78 is 0. The average molecular weight is 521 g/mol. The number of hydrogen-bond acceptors (Lipinski definition) is 2. The number of benzene rings is 6. The van der Waals surface area contributed by atoms with Gasteiger partial charge >= 0.3 is 0 Å². The Bertz CT molecular complexity index is 2110. The predicted octanol–water partition coefficient (Wildman–Crippen LogP) is 9.31. The summed E-state index contributed by atoms with van der Waals surface area (Å²) >= 11 is 0. The normalized spacial score (nSPS) is 13.6. The van der Waals surface area contributed by atoms with Crippen LogP contribution in [0.4, 0.5) is 0 Å². The van der Waals surface area contributed by atoms with E-state index in [-0.39, 0.29) is 5.41 Å². The minimum Gasteiger partial charge on any atom is -0.252 e. The van der Waals surface area contributed by atoms with Gasteiger partial charge in [-0.25, -0.2) is 4.98 Å². The van der Waals surface area contributed by atoms with Crippen molar-refractivity contribution in [1.82, 2.24) is 9.97 Å². The molecule has 2 heteroatoms. The van der Waals surface area contributed by atoms with E-state index in [1.165, 1.54) is 55.6 Å². The fourth-order valence-corrected chi connectivity index (χ4v) is 7.21. The summed E-state index contributed by atoms with van der Waals surface area (Å²) in [5, 5.41) is 0. The molecule has 1 heterocycles. The summed E-state index contributed by atoms with van der Waals surface area (Å²) in [7, 11) is 0. The summed E-state index contributed by atoms with van der Waals surface area (Å²) in [6, 6.07) is 50.6. The van der Waals surface area contributed by atoms with E-state index in [4.69, 9.17) is 4.98 Å². The standard InChI is InChI=1S/C39H24N2/c1-4-12-32-28(9-1)29-10-2-5-13-33(29)39(32)34-14-6-3-11-30(34)31-23-27(21-22-35(31)39)25-17-19-26(20-18-25)38-24-40-36-15-7-8-16-37(36)41-38/h1-24H. The summed E-state index contributed by atoms with van der Waals surface area (Å²) in [6.45, 7) is 0. The second-order valence-corrected chi connectivity index (χ2v) is 11.0. The average Bonchev–Trinajstić information content (AvgIpc) is 3.52. The molecular formula is C39H24N2. The molecule has 6 aromatic carbocycles. The van der Waals surface area contributed by atoms with Crippen molar-refractivity contribution in [1.29, 1.82) is 0 Å². The van der Waals surface area contributed by atoms with Crippen LogP contribution >= 0.6 is 0 Å². The van der Waals surface area contributed by atoms with Gasteiger partial charge in [0, 0.05) is 5.56 Å². The van der Waals surface area contributed by atoms with Crippen molar-refractivity contribution in [3.63, 3.8) is 0 Å². The molecule has 0 fully saturated rings. The van der Waals surface area contributed by atoms with E-state index >= 15 is 0 Å². The zero-order valence-electron chi connectivity index (χ0n) is 22.3. The van der Waals surface area contributed by atoms with E-state index in [1.807, 2.05) is 30.5 Å². The molecule has 0 bridgehead atoms. The lowest BCUT2D eigenvalue weighted by Gasteiger charge is -2.30. The van der Waals surface area contributed by atoms with Crippen molar-refractivity contribution < 1.29 is 0 Å². The number of para-hydroxylation sites is 2. The molecule has 0 N–H and O–H groups in total. The predicted molar refractivity (Wildman–Crippen MR) is 167 cm³/mol. The zero-order chi connectivity index (χ0) is 27.0. The van der Waals surface area contributed by atoms with Crippen molar-refractivity contribution in [3.8, 4) is 44.6 Å². The summed E-state index contributed by atoms with van der Waals surface area (Å²) in [5.41, 5.74) is 16.7. The highest BCUT2D eigenvalue weighted by Crippen LogP contribution is 2.62. The third-order valence-electron chi connectivity index (χ3n) is 8.96. The molecule has 0 radical (unpaired) electrons. The smallest absolute Gasteiger partial charge is 0.0894 e. The van der Waals surface area contributed by atoms with Gasteiger partial charge in [-0.05, 0) is 73.8 Å². The molecule has 0 saturated carbocycles. The quantitative estimate of drug-likeness (QED) is 0.227. The summed E-state index contributed by atoms with van der Waals surface area (Å²) in [6.07, 6.45) is 1.86. The van der Waals surface area contributed by atoms with Gasteiger partial charge in [-0.2, -0.15) is 0 Å². The van der Waals surface area contributed by atoms with E-state index in [0.29, 0.717) is 0 Å². The van der Waals surface area contributed by atoms with Crippen LogP contribution in [0.15, 0.2) is 146 Å². The first-order valence-electron chi connectivity index (χ1n) is 14.1. The fraction of sp³-hybridized carbons (Fsp3) is 0.0256. The van der Waals surface area contributed by atoms with Gasteiger partial charge in [0.05, 0.1) is 28.3 Å². The molecule has 9 rings (SSSR count). The molecule has 0 saturated heterocycles. The van der Waals surface area contributed by atoms with Crippen LogP contribution in [0.3, 0.4) is 0 Å². The SMILES string of the molecule is c1ccc2c(c1)-c1ccccc1C21c2ccccc2-c2cc(-c3ccc(-c4cnc5ccccc5n4)cc3)ccc21. The molecule has 1 aromatic heterocycles. The molecule has 190 valence electrons. The molecule has 2 nitrogen and oxygen atoms in total. The maximum Gasteiger partial charge on any atom is 0.0894 e. The number of hydrogen-bond donors (Lipinski definition) is 0. The lowest BCUT2D eigenvalue weighted by atomic mass is 9.70. The third kappa shape index (κ3) is 3.02. The number of aromatic nitrogens is 2. The second kappa shape index (κ2) is 8.33. The van der Waals surface area contributed by atoms with Crippen molar-refractivity contribution in [2.75, 3.05) is 0 Å². The monoisotopic (exact) mass is 520 g/mol. The molecule has 7 aromatic rings. The molecule has 0 aliphatic heterocycles. The largest absolute Gasteiger partial charge is 0.252 e. The van der Waals surface area contributed by atoms with E-state index in [2.05, 4.69) is 120 Å². The van der Waals surface area contributed by atoms with E-state index in [9.17, 15) is 0 Å². The Morgan fingerprint density at radius 3 is 1.54 bits per heavy atom. The Labute approximate surface area is 238 Å². The van der Waals surface area contributed by atoms with E-state index in [1.54, 1.807) is 0 Å². The maximum atomic E-state index is 4.84. The van der Waals surface area contributed by atoms with Crippen molar-refractivity contribution in [2.45, 2.75) is 5.41 Å². The Morgan fingerprint density at radius 2 is 0.878 bits per heavy atom. The van der Waals surface area contributed by atoms with Crippen LogP contribution in [0.5, 0.6) is 0 Å². The molecule has 2 aliphatic carbocycles. The van der Waals surface area contributed by atoms with Gasteiger partial charge in [-0.3, -0.25) is 4.98 Å². The van der Waals surface area contributed by atoms with Gasteiger partial charge in [-0.15, -0.1) is 0 Å². The highest BCUT2D eigenvalue weighted by atomic mass is 14.8. The number of nitrogens with zero attached hydrogens (tertiary/aromatic N) is 2.